The van der Waals surface area contributed by atoms with Gasteiger partial charge in [-0.15, -0.1) is 0 Å². The lowest BCUT2D eigenvalue weighted by Crippen LogP contribution is -2.09. The van der Waals surface area contributed by atoms with E-state index in [-0.39, 0.29) is 28.7 Å². The van der Waals surface area contributed by atoms with Gasteiger partial charge in [-0.3, -0.25) is 4.79 Å². The second kappa shape index (κ2) is 12.3. The number of amides is 1. The highest BCUT2D eigenvalue weighted by atomic mass is 16.5. The van der Waals surface area contributed by atoms with Crippen molar-refractivity contribution in [2.75, 3.05) is 40.9 Å². The van der Waals surface area contributed by atoms with E-state index in [1.54, 1.807) is 54.6 Å². The van der Waals surface area contributed by atoms with Crippen molar-refractivity contribution in [2.45, 2.75) is 0 Å². The number of anilines is 1. The molecule has 0 spiro atoms. The number of phenols is 2. The van der Waals surface area contributed by atoms with Crippen LogP contribution < -0.4 is 29.0 Å². The molecule has 0 saturated carbocycles. The lowest BCUT2D eigenvalue weighted by Gasteiger charge is -2.14. The van der Waals surface area contributed by atoms with Gasteiger partial charge in [0.05, 0.1) is 41.2 Å². The summed E-state index contributed by atoms with van der Waals surface area (Å²) in [7, 11) is 7.44. The van der Waals surface area contributed by atoms with Crippen molar-refractivity contribution in [2.24, 2.45) is 0 Å². The van der Waals surface area contributed by atoms with Crippen LogP contribution in [0.15, 0.2) is 48.5 Å². The summed E-state index contributed by atoms with van der Waals surface area (Å²) in [6, 6.07) is 11.5. The SMILES string of the molecule is COc1cc(/C=C/C(=O)Nc2c(/C=C/c3cc(OC)c(OC)c(OC)c3)ccc(OC)c2O)ccc1O. The fraction of sp³-hybridized carbons (Fsp3) is 0.179. The van der Waals surface area contributed by atoms with Crippen LogP contribution in [0.1, 0.15) is 16.7 Å². The average Bonchev–Trinajstić information content (AvgIpc) is 2.92. The predicted octanol–water partition coefficient (Wildman–Crippen LogP) is 4.96. The highest BCUT2D eigenvalue weighted by molar-refractivity contribution is 6.04. The third-order valence-corrected chi connectivity index (χ3v) is 5.41. The highest BCUT2D eigenvalue weighted by Crippen LogP contribution is 2.40. The number of nitrogens with one attached hydrogen (secondary N) is 1. The third-order valence-electron chi connectivity index (χ3n) is 5.41. The van der Waals surface area contributed by atoms with Gasteiger partial charge < -0.3 is 39.2 Å². The smallest absolute Gasteiger partial charge is 0.248 e. The van der Waals surface area contributed by atoms with Gasteiger partial charge in [0.15, 0.2) is 34.5 Å². The molecule has 37 heavy (non-hydrogen) atoms. The van der Waals surface area contributed by atoms with Crippen molar-refractivity contribution in [1.82, 2.24) is 0 Å². The summed E-state index contributed by atoms with van der Waals surface area (Å²) in [5, 5.41) is 23.2. The van der Waals surface area contributed by atoms with Gasteiger partial charge in [-0.05, 0) is 53.6 Å². The molecule has 0 atom stereocenters. The van der Waals surface area contributed by atoms with E-state index in [4.69, 9.17) is 23.7 Å². The molecule has 9 nitrogen and oxygen atoms in total. The van der Waals surface area contributed by atoms with Crippen molar-refractivity contribution in [3.05, 3.63) is 65.2 Å². The molecule has 0 saturated heterocycles. The molecule has 0 fully saturated rings. The van der Waals surface area contributed by atoms with Crippen LogP contribution in [0.2, 0.25) is 0 Å². The van der Waals surface area contributed by atoms with Crippen LogP contribution in [0.4, 0.5) is 5.69 Å². The summed E-state index contributed by atoms with van der Waals surface area (Å²) in [4.78, 5) is 12.7. The van der Waals surface area contributed by atoms with Crippen molar-refractivity contribution >= 4 is 29.8 Å². The number of ether oxygens (including phenoxy) is 5. The van der Waals surface area contributed by atoms with Gasteiger partial charge in [0.25, 0.3) is 0 Å². The lowest BCUT2D eigenvalue weighted by molar-refractivity contribution is -0.111. The summed E-state index contributed by atoms with van der Waals surface area (Å²) in [6.45, 7) is 0. The van der Waals surface area contributed by atoms with E-state index in [1.165, 1.54) is 47.7 Å². The third kappa shape index (κ3) is 6.26. The van der Waals surface area contributed by atoms with Crippen LogP contribution in [-0.2, 0) is 4.79 Å². The molecular weight excluding hydrogens is 478 g/mol. The van der Waals surface area contributed by atoms with E-state index in [9.17, 15) is 15.0 Å². The first kappa shape index (κ1) is 26.8. The molecule has 3 aromatic carbocycles. The molecule has 0 aliphatic carbocycles. The van der Waals surface area contributed by atoms with Crippen molar-refractivity contribution in [1.29, 1.82) is 0 Å². The fourth-order valence-corrected chi connectivity index (χ4v) is 3.54. The molecule has 0 aromatic heterocycles. The van der Waals surface area contributed by atoms with Crippen LogP contribution in [0.3, 0.4) is 0 Å². The largest absolute Gasteiger partial charge is 0.504 e. The zero-order valence-electron chi connectivity index (χ0n) is 21.2. The Hall–Kier alpha value is -4.79. The van der Waals surface area contributed by atoms with Crippen LogP contribution in [0, 0.1) is 0 Å². The molecule has 194 valence electrons. The Kier molecular flexibility index (Phi) is 8.88. The topological polar surface area (TPSA) is 116 Å². The predicted molar refractivity (Wildman–Crippen MR) is 142 cm³/mol. The number of methoxy groups -OCH3 is 5. The molecule has 0 bridgehead atoms. The molecule has 0 unspecified atom stereocenters. The first-order valence-corrected chi connectivity index (χ1v) is 11.1. The Morgan fingerprint density at radius 2 is 1.32 bits per heavy atom. The molecule has 3 aromatic rings. The van der Waals surface area contributed by atoms with Crippen LogP contribution >= 0.6 is 0 Å². The Bertz CT molecular complexity index is 1300. The van der Waals surface area contributed by atoms with Gasteiger partial charge in [0, 0.05) is 11.6 Å². The first-order chi connectivity index (χ1) is 17.8. The maximum absolute atomic E-state index is 12.7. The molecule has 0 aliphatic rings. The van der Waals surface area contributed by atoms with Crippen molar-refractivity contribution in [3.8, 4) is 40.2 Å². The van der Waals surface area contributed by atoms with E-state index in [1.807, 2.05) is 0 Å². The number of hydrogen-bond donors (Lipinski definition) is 3. The highest BCUT2D eigenvalue weighted by Gasteiger charge is 2.15. The van der Waals surface area contributed by atoms with Crippen LogP contribution in [0.5, 0.6) is 40.2 Å². The zero-order chi connectivity index (χ0) is 26.9. The molecular formula is C28H29NO8. The molecule has 3 N–H and O–H groups in total. The number of hydrogen-bond acceptors (Lipinski definition) is 8. The Labute approximate surface area is 215 Å². The first-order valence-electron chi connectivity index (χ1n) is 11.1. The maximum Gasteiger partial charge on any atom is 0.248 e. The molecule has 1 amide bonds. The second-order valence-electron chi connectivity index (χ2n) is 7.63. The average molecular weight is 508 g/mol. The molecule has 0 radical (unpaired) electrons. The molecule has 3 rings (SSSR count). The number of aromatic hydroxyl groups is 2. The van der Waals surface area contributed by atoms with Crippen LogP contribution in [-0.4, -0.2) is 51.7 Å². The van der Waals surface area contributed by atoms with Gasteiger partial charge in [-0.25, -0.2) is 0 Å². The molecule has 0 heterocycles. The number of carbonyl (C=O) groups excluding carboxylic acids is 1. The monoisotopic (exact) mass is 507 g/mol. The van der Waals surface area contributed by atoms with Crippen molar-refractivity contribution < 1.29 is 38.7 Å². The van der Waals surface area contributed by atoms with E-state index >= 15 is 0 Å². The van der Waals surface area contributed by atoms with Gasteiger partial charge >= 0.3 is 0 Å². The fourth-order valence-electron chi connectivity index (χ4n) is 3.54. The number of rotatable bonds is 10. The van der Waals surface area contributed by atoms with Gasteiger partial charge in [-0.1, -0.05) is 18.2 Å². The lowest BCUT2D eigenvalue weighted by atomic mass is 10.1. The quantitative estimate of drug-likeness (QED) is 0.200. The van der Waals surface area contributed by atoms with Crippen molar-refractivity contribution in [3.63, 3.8) is 0 Å². The Balaban J connectivity index is 1.92. The van der Waals surface area contributed by atoms with E-state index < -0.39 is 5.91 Å². The maximum atomic E-state index is 12.7. The molecule has 9 heteroatoms. The van der Waals surface area contributed by atoms with Gasteiger partial charge in [0.1, 0.15) is 0 Å². The zero-order valence-corrected chi connectivity index (χ0v) is 21.2. The van der Waals surface area contributed by atoms with E-state index in [0.717, 1.165) is 5.56 Å². The second-order valence-corrected chi connectivity index (χ2v) is 7.63. The minimum absolute atomic E-state index is 0.00562. The summed E-state index contributed by atoms with van der Waals surface area (Å²) in [6.07, 6.45) is 6.36. The summed E-state index contributed by atoms with van der Waals surface area (Å²) in [5.41, 5.74) is 2.08. The summed E-state index contributed by atoms with van der Waals surface area (Å²) < 4.78 is 26.5. The Morgan fingerprint density at radius 3 is 1.92 bits per heavy atom. The molecule has 0 aliphatic heterocycles. The number of phenolic OH excluding ortho intramolecular Hbond substituents is 2. The number of benzene rings is 3. The van der Waals surface area contributed by atoms with E-state index in [0.29, 0.717) is 28.4 Å². The van der Waals surface area contributed by atoms with Gasteiger partial charge in [-0.2, -0.15) is 0 Å². The van der Waals surface area contributed by atoms with Gasteiger partial charge in [0.2, 0.25) is 11.7 Å². The standard InChI is InChI=1S/C28H29NO8/c1-33-21-12-10-19(9-6-18-15-23(35-3)28(37-5)24(16-18)36-4)26(27(21)32)29-25(31)13-8-17-7-11-20(30)22(14-17)34-2/h6-16,30,32H,1-5H3,(H,29,31)/b9-6+,13-8+. The summed E-state index contributed by atoms with van der Waals surface area (Å²) in [5.74, 6) is 1.22. The minimum Gasteiger partial charge on any atom is -0.504 e. The summed E-state index contributed by atoms with van der Waals surface area (Å²) >= 11 is 0. The Morgan fingerprint density at radius 1 is 0.703 bits per heavy atom. The van der Waals surface area contributed by atoms with Crippen LogP contribution in [0.25, 0.3) is 18.2 Å². The normalized spacial score (nSPS) is 10.9. The minimum atomic E-state index is -0.488. The number of carbonyl (C=O) groups is 1. The van der Waals surface area contributed by atoms with E-state index in [2.05, 4.69) is 5.32 Å².